The van der Waals surface area contributed by atoms with Crippen molar-refractivity contribution in [1.29, 1.82) is 0 Å². The number of ether oxygens (including phenoxy) is 1. The van der Waals surface area contributed by atoms with Crippen molar-refractivity contribution in [3.05, 3.63) is 29.8 Å². The number of hydrogen-bond donors (Lipinski definition) is 1. The van der Waals surface area contributed by atoms with Gasteiger partial charge in [-0.1, -0.05) is 135 Å². The Hall–Kier alpha value is -1.51. The first-order valence-electron chi connectivity index (χ1n) is 14.6. The molecular weight excluding hydrogens is 420 g/mol. The number of aromatic hydroxyl groups is 1. The van der Waals surface area contributed by atoms with Crippen LogP contribution in [0.15, 0.2) is 24.3 Å². The fourth-order valence-corrected chi connectivity index (χ4v) is 4.61. The summed E-state index contributed by atoms with van der Waals surface area (Å²) in [6, 6.07) is 7.18. The van der Waals surface area contributed by atoms with E-state index in [-0.39, 0.29) is 17.6 Å². The van der Waals surface area contributed by atoms with E-state index in [9.17, 15) is 9.90 Å². The molecule has 1 rings (SSSR count). The predicted molar refractivity (Wildman–Crippen MR) is 145 cm³/mol. The average Bonchev–Trinajstić information content (AvgIpc) is 2.84. The zero-order valence-corrected chi connectivity index (χ0v) is 22.5. The summed E-state index contributed by atoms with van der Waals surface area (Å²) in [5.74, 6) is 0.132. The number of carbonyl (C=O) groups excluding carboxylic acids is 1. The molecule has 0 aliphatic carbocycles. The Morgan fingerprint density at radius 3 is 1.59 bits per heavy atom. The SMILES string of the molecule is CCCCCCCCCCCCCCCCCCOC(=O)C(CCCC)Cc1ccc(O)cc1. The minimum absolute atomic E-state index is 0.0533. The molecular formula is C31H54O3. The van der Waals surface area contributed by atoms with Crippen LogP contribution in [0.3, 0.4) is 0 Å². The first-order chi connectivity index (χ1) is 16.7. The summed E-state index contributed by atoms with van der Waals surface area (Å²) in [4.78, 5) is 12.6. The van der Waals surface area contributed by atoms with E-state index in [2.05, 4.69) is 13.8 Å². The maximum atomic E-state index is 12.6. The second kappa shape index (κ2) is 22.0. The van der Waals surface area contributed by atoms with Crippen LogP contribution in [0.2, 0.25) is 0 Å². The highest BCUT2D eigenvalue weighted by Gasteiger charge is 2.20. The predicted octanol–water partition coefficient (Wildman–Crippen LogP) is 9.55. The zero-order chi connectivity index (χ0) is 24.7. The summed E-state index contributed by atoms with van der Waals surface area (Å²) in [5.41, 5.74) is 1.08. The first-order valence-corrected chi connectivity index (χ1v) is 14.6. The van der Waals surface area contributed by atoms with Gasteiger partial charge in [0.15, 0.2) is 0 Å². The third-order valence-corrected chi connectivity index (χ3v) is 6.90. The van der Waals surface area contributed by atoms with E-state index < -0.39 is 0 Å². The highest BCUT2D eigenvalue weighted by molar-refractivity contribution is 5.72. The Kier molecular flexibility index (Phi) is 19.7. The minimum Gasteiger partial charge on any atom is -0.508 e. The van der Waals surface area contributed by atoms with Gasteiger partial charge in [-0.2, -0.15) is 0 Å². The lowest BCUT2D eigenvalue weighted by Gasteiger charge is -2.16. The topological polar surface area (TPSA) is 46.5 Å². The second-order valence-electron chi connectivity index (χ2n) is 10.2. The number of rotatable bonds is 23. The Morgan fingerprint density at radius 1 is 0.676 bits per heavy atom. The van der Waals surface area contributed by atoms with Gasteiger partial charge in [-0.05, 0) is 37.0 Å². The van der Waals surface area contributed by atoms with Crippen molar-refractivity contribution in [2.45, 2.75) is 142 Å². The number of carbonyl (C=O) groups is 1. The summed E-state index contributed by atoms with van der Waals surface area (Å²) in [7, 11) is 0. The smallest absolute Gasteiger partial charge is 0.309 e. The molecule has 0 bridgehead atoms. The Bertz CT molecular complexity index is 581. The van der Waals surface area contributed by atoms with E-state index in [4.69, 9.17) is 4.74 Å². The van der Waals surface area contributed by atoms with Gasteiger partial charge in [0.2, 0.25) is 0 Å². The standard InChI is InChI=1S/C31H54O3/c1-3-5-7-8-9-10-11-12-13-14-15-16-17-18-19-20-26-34-31(33)29(21-6-4-2)27-28-22-24-30(32)25-23-28/h22-25,29,32H,3-21,26-27H2,1-2H3. The van der Waals surface area contributed by atoms with Crippen molar-refractivity contribution in [3.63, 3.8) is 0 Å². The van der Waals surface area contributed by atoms with E-state index in [0.29, 0.717) is 13.0 Å². The van der Waals surface area contributed by atoms with E-state index in [1.807, 2.05) is 12.1 Å². The molecule has 0 aliphatic rings. The summed E-state index contributed by atoms with van der Waals surface area (Å²) in [6.07, 6.45) is 25.3. The average molecular weight is 475 g/mol. The van der Waals surface area contributed by atoms with E-state index in [0.717, 1.165) is 37.7 Å². The van der Waals surface area contributed by atoms with Gasteiger partial charge in [0.1, 0.15) is 5.75 Å². The fourth-order valence-electron chi connectivity index (χ4n) is 4.61. The second-order valence-corrected chi connectivity index (χ2v) is 10.2. The van der Waals surface area contributed by atoms with Gasteiger partial charge in [-0.25, -0.2) is 0 Å². The molecule has 1 aromatic rings. The van der Waals surface area contributed by atoms with Gasteiger partial charge in [-0.15, -0.1) is 0 Å². The quantitative estimate of drug-likeness (QED) is 0.127. The van der Waals surface area contributed by atoms with E-state index >= 15 is 0 Å². The van der Waals surface area contributed by atoms with Gasteiger partial charge in [-0.3, -0.25) is 4.79 Å². The van der Waals surface area contributed by atoms with Crippen LogP contribution in [-0.4, -0.2) is 17.7 Å². The van der Waals surface area contributed by atoms with Crippen LogP contribution >= 0.6 is 0 Å². The van der Waals surface area contributed by atoms with E-state index in [1.54, 1.807) is 12.1 Å². The van der Waals surface area contributed by atoms with Crippen molar-refractivity contribution in [3.8, 4) is 5.75 Å². The normalized spacial score (nSPS) is 12.1. The molecule has 0 fully saturated rings. The Balaban J connectivity index is 1.98. The minimum atomic E-state index is -0.0782. The molecule has 3 nitrogen and oxygen atoms in total. The molecule has 3 heteroatoms. The lowest BCUT2D eigenvalue weighted by atomic mass is 9.94. The third kappa shape index (κ3) is 17.0. The summed E-state index contributed by atoms with van der Waals surface area (Å²) in [6.45, 7) is 4.99. The summed E-state index contributed by atoms with van der Waals surface area (Å²) < 4.78 is 5.63. The van der Waals surface area contributed by atoms with Crippen molar-refractivity contribution >= 4 is 5.97 Å². The lowest BCUT2D eigenvalue weighted by molar-refractivity contribution is -0.149. The summed E-state index contributed by atoms with van der Waals surface area (Å²) >= 11 is 0. The van der Waals surface area contributed by atoms with Crippen molar-refractivity contribution in [2.24, 2.45) is 5.92 Å². The molecule has 1 unspecified atom stereocenters. The molecule has 34 heavy (non-hydrogen) atoms. The number of phenolic OH excluding ortho intramolecular Hbond substituents is 1. The highest BCUT2D eigenvalue weighted by atomic mass is 16.5. The summed E-state index contributed by atoms with van der Waals surface area (Å²) in [5, 5.41) is 9.46. The molecule has 0 aliphatic heterocycles. The number of phenols is 1. The van der Waals surface area contributed by atoms with Crippen LogP contribution in [0.25, 0.3) is 0 Å². The lowest BCUT2D eigenvalue weighted by Crippen LogP contribution is -2.20. The molecule has 0 saturated heterocycles. The van der Waals surface area contributed by atoms with Crippen LogP contribution in [0.5, 0.6) is 5.75 Å². The van der Waals surface area contributed by atoms with Crippen molar-refractivity contribution in [1.82, 2.24) is 0 Å². The fraction of sp³-hybridized carbons (Fsp3) is 0.774. The molecule has 0 heterocycles. The van der Waals surface area contributed by atoms with Crippen LogP contribution in [0, 0.1) is 5.92 Å². The largest absolute Gasteiger partial charge is 0.508 e. The first kappa shape index (κ1) is 30.5. The van der Waals surface area contributed by atoms with Crippen LogP contribution < -0.4 is 0 Å². The Morgan fingerprint density at radius 2 is 1.12 bits per heavy atom. The number of hydrogen-bond acceptors (Lipinski definition) is 3. The molecule has 0 spiro atoms. The third-order valence-electron chi connectivity index (χ3n) is 6.90. The van der Waals surface area contributed by atoms with Gasteiger partial charge in [0, 0.05) is 0 Å². The molecule has 1 N–H and O–H groups in total. The van der Waals surface area contributed by atoms with Gasteiger partial charge in [0.25, 0.3) is 0 Å². The zero-order valence-electron chi connectivity index (χ0n) is 22.5. The van der Waals surface area contributed by atoms with E-state index in [1.165, 1.54) is 89.9 Å². The highest BCUT2D eigenvalue weighted by Crippen LogP contribution is 2.20. The number of unbranched alkanes of at least 4 members (excludes halogenated alkanes) is 16. The molecule has 0 amide bonds. The number of esters is 1. The van der Waals surface area contributed by atoms with Crippen molar-refractivity contribution in [2.75, 3.05) is 6.61 Å². The monoisotopic (exact) mass is 474 g/mol. The molecule has 0 radical (unpaired) electrons. The van der Waals surface area contributed by atoms with Crippen LogP contribution in [-0.2, 0) is 16.0 Å². The maximum absolute atomic E-state index is 12.6. The molecule has 1 atom stereocenters. The molecule has 0 saturated carbocycles. The van der Waals surface area contributed by atoms with Gasteiger partial charge >= 0.3 is 5.97 Å². The number of benzene rings is 1. The van der Waals surface area contributed by atoms with Crippen molar-refractivity contribution < 1.29 is 14.6 Å². The van der Waals surface area contributed by atoms with Gasteiger partial charge < -0.3 is 9.84 Å². The Labute approximate surface area is 211 Å². The van der Waals surface area contributed by atoms with Crippen LogP contribution in [0.4, 0.5) is 0 Å². The molecule has 1 aromatic carbocycles. The van der Waals surface area contributed by atoms with Gasteiger partial charge in [0.05, 0.1) is 12.5 Å². The molecule has 0 aromatic heterocycles. The maximum Gasteiger partial charge on any atom is 0.309 e. The molecule has 196 valence electrons. The van der Waals surface area contributed by atoms with Crippen LogP contribution in [0.1, 0.15) is 141 Å².